The minimum atomic E-state index is 0.0974. The van der Waals surface area contributed by atoms with Gasteiger partial charge in [-0.15, -0.1) is 6.58 Å². The fourth-order valence-electron chi connectivity index (χ4n) is 1.84. The summed E-state index contributed by atoms with van der Waals surface area (Å²) in [5.74, 6) is 0.0974. The summed E-state index contributed by atoms with van der Waals surface area (Å²) < 4.78 is 5.00. The average molecular weight is 262 g/mol. The van der Waals surface area contributed by atoms with Crippen LogP contribution < -0.4 is 5.73 Å². The fraction of sp³-hybridized carbons (Fsp3) is 0.400. The number of methoxy groups -OCH3 is 1. The second-order valence-electron chi connectivity index (χ2n) is 4.32. The monoisotopic (exact) mass is 262 g/mol. The van der Waals surface area contributed by atoms with Crippen LogP contribution in [0.25, 0.3) is 0 Å². The van der Waals surface area contributed by atoms with E-state index < -0.39 is 0 Å². The molecule has 0 heterocycles. The van der Waals surface area contributed by atoms with Crippen molar-refractivity contribution in [3.63, 3.8) is 0 Å². The van der Waals surface area contributed by atoms with Crippen LogP contribution in [0.3, 0.4) is 0 Å². The highest BCUT2D eigenvalue weighted by Gasteiger charge is 2.12. The molecule has 0 bridgehead atoms. The van der Waals surface area contributed by atoms with Gasteiger partial charge in [0.05, 0.1) is 6.61 Å². The lowest BCUT2D eigenvalue weighted by Crippen LogP contribution is -2.34. The Kier molecular flexibility index (Phi) is 6.68. The molecule has 0 saturated heterocycles. The number of anilines is 1. The highest BCUT2D eigenvalue weighted by Crippen LogP contribution is 2.13. The third kappa shape index (κ3) is 5.14. The summed E-state index contributed by atoms with van der Waals surface area (Å²) in [5.41, 5.74) is 7.61. The standard InChI is InChI=1S/C15H22N2O2/c1-3-10-17(11-12-19-2)15(18)9-8-13-6-4-5-7-14(13)16/h3-7H,1,8-12,16H2,2H3. The Morgan fingerprint density at radius 3 is 2.84 bits per heavy atom. The van der Waals surface area contributed by atoms with E-state index in [0.29, 0.717) is 32.5 Å². The molecule has 0 spiro atoms. The van der Waals surface area contributed by atoms with Crippen LogP contribution in [-0.4, -0.2) is 37.6 Å². The van der Waals surface area contributed by atoms with Crippen molar-refractivity contribution in [3.8, 4) is 0 Å². The number of rotatable bonds is 8. The Morgan fingerprint density at radius 1 is 1.47 bits per heavy atom. The van der Waals surface area contributed by atoms with E-state index in [9.17, 15) is 4.79 Å². The van der Waals surface area contributed by atoms with Crippen LogP contribution >= 0.6 is 0 Å². The quantitative estimate of drug-likeness (QED) is 0.574. The van der Waals surface area contributed by atoms with Crippen LogP contribution in [0.4, 0.5) is 5.69 Å². The third-order valence-electron chi connectivity index (χ3n) is 2.93. The van der Waals surface area contributed by atoms with E-state index >= 15 is 0 Å². The van der Waals surface area contributed by atoms with Gasteiger partial charge >= 0.3 is 0 Å². The molecule has 1 aromatic rings. The highest BCUT2D eigenvalue weighted by molar-refractivity contribution is 5.76. The normalized spacial score (nSPS) is 10.2. The second-order valence-corrected chi connectivity index (χ2v) is 4.32. The molecule has 19 heavy (non-hydrogen) atoms. The van der Waals surface area contributed by atoms with Crippen molar-refractivity contribution < 1.29 is 9.53 Å². The molecule has 4 nitrogen and oxygen atoms in total. The number of ether oxygens (including phenoxy) is 1. The van der Waals surface area contributed by atoms with Gasteiger partial charge in [-0.25, -0.2) is 0 Å². The number of benzene rings is 1. The molecule has 0 aliphatic heterocycles. The Bertz CT molecular complexity index is 418. The average Bonchev–Trinajstić information content (AvgIpc) is 2.42. The Labute approximate surface area is 114 Å². The summed E-state index contributed by atoms with van der Waals surface area (Å²) in [4.78, 5) is 13.9. The van der Waals surface area contributed by atoms with Crippen molar-refractivity contribution in [1.82, 2.24) is 4.90 Å². The highest BCUT2D eigenvalue weighted by atomic mass is 16.5. The molecule has 0 unspecified atom stereocenters. The zero-order valence-corrected chi connectivity index (χ0v) is 11.5. The molecule has 4 heteroatoms. The van der Waals surface area contributed by atoms with Gasteiger partial charge in [0.15, 0.2) is 0 Å². The van der Waals surface area contributed by atoms with Crippen molar-refractivity contribution in [1.29, 1.82) is 0 Å². The summed E-state index contributed by atoms with van der Waals surface area (Å²) >= 11 is 0. The van der Waals surface area contributed by atoms with Crippen molar-refractivity contribution in [3.05, 3.63) is 42.5 Å². The maximum absolute atomic E-state index is 12.1. The molecule has 1 amide bonds. The maximum Gasteiger partial charge on any atom is 0.223 e. The zero-order valence-electron chi connectivity index (χ0n) is 11.5. The van der Waals surface area contributed by atoms with Gasteiger partial charge in [0.2, 0.25) is 5.91 Å². The van der Waals surface area contributed by atoms with Crippen LogP contribution in [0, 0.1) is 0 Å². The first kappa shape index (κ1) is 15.2. The zero-order chi connectivity index (χ0) is 14.1. The summed E-state index contributed by atoms with van der Waals surface area (Å²) in [6.07, 6.45) is 2.84. The van der Waals surface area contributed by atoms with Crippen LogP contribution in [0.2, 0.25) is 0 Å². The molecule has 1 aromatic carbocycles. The molecule has 0 saturated carbocycles. The van der Waals surface area contributed by atoms with Gasteiger partial charge in [-0.1, -0.05) is 24.3 Å². The Balaban J connectivity index is 2.52. The first-order valence-electron chi connectivity index (χ1n) is 6.40. The summed E-state index contributed by atoms with van der Waals surface area (Å²) in [6, 6.07) is 7.63. The first-order valence-corrected chi connectivity index (χ1v) is 6.40. The van der Waals surface area contributed by atoms with Crippen LogP contribution in [0.5, 0.6) is 0 Å². The molecular weight excluding hydrogens is 240 g/mol. The molecule has 0 aromatic heterocycles. The fourth-order valence-corrected chi connectivity index (χ4v) is 1.84. The van der Waals surface area contributed by atoms with Crippen molar-refractivity contribution in [2.24, 2.45) is 0 Å². The van der Waals surface area contributed by atoms with E-state index in [4.69, 9.17) is 10.5 Å². The number of carbonyl (C=O) groups is 1. The summed E-state index contributed by atoms with van der Waals surface area (Å²) in [6.45, 7) is 5.34. The number of nitrogen functional groups attached to an aromatic ring is 1. The van der Waals surface area contributed by atoms with Gasteiger partial charge in [0, 0.05) is 32.3 Å². The maximum atomic E-state index is 12.1. The summed E-state index contributed by atoms with van der Waals surface area (Å²) in [7, 11) is 1.63. The molecule has 1 rings (SSSR count). The Morgan fingerprint density at radius 2 is 2.21 bits per heavy atom. The molecule has 0 radical (unpaired) electrons. The smallest absolute Gasteiger partial charge is 0.223 e. The van der Waals surface area contributed by atoms with E-state index in [1.807, 2.05) is 24.3 Å². The number of hydrogen-bond donors (Lipinski definition) is 1. The van der Waals surface area contributed by atoms with Crippen molar-refractivity contribution in [2.45, 2.75) is 12.8 Å². The predicted molar refractivity (Wildman–Crippen MR) is 77.8 cm³/mol. The largest absolute Gasteiger partial charge is 0.399 e. The molecule has 0 aliphatic carbocycles. The lowest BCUT2D eigenvalue weighted by atomic mass is 10.1. The van der Waals surface area contributed by atoms with Crippen LogP contribution in [0.15, 0.2) is 36.9 Å². The van der Waals surface area contributed by atoms with E-state index in [2.05, 4.69) is 6.58 Å². The van der Waals surface area contributed by atoms with E-state index in [1.165, 1.54) is 0 Å². The number of carbonyl (C=O) groups excluding carboxylic acids is 1. The number of hydrogen-bond acceptors (Lipinski definition) is 3. The van der Waals surface area contributed by atoms with Gasteiger partial charge in [0.1, 0.15) is 0 Å². The lowest BCUT2D eigenvalue weighted by molar-refractivity contribution is -0.131. The van der Waals surface area contributed by atoms with Crippen LogP contribution in [-0.2, 0) is 16.0 Å². The number of nitrogens with zero attached hydrogens (tertiary/aromatic N) is 1. The van der Waals surface area contributed by atoms with E-state index in [0.717, 1.165) is 11.3 Å². The molecular formula is C15H22N2O2. The van der Waals surface area contributed by atoms with Gasteiger partial charge in [0.25, 0.3) is 0 Å². The number of amides is 1. The summed E-state index contributed by atoms with van der Waals surface area (Å²) in [5, 5.41) is 0. The minimum Gasteiger partial charge on any atom is -0.399 e. The molecule has 104 valence electrons. The number of aryl methyl sites for hydroxylation is 1. The van der Waals surface area contributed by atoms with Crippen molar-refractivity contribution in [2.75, 3.05) is 32.5 Å². The molecule has 2 N–H and O–H groups in total. The Hall–Kier alpha value is -1.81. The van der Waals surface area contributed by atoms with E-state index in [-0.39, 0.29) is 5.91 Å². The van der Waals surface area contributed by atoms with Gasteiger partial charge in [-0.2, -0.15) is 0 Å². The topological polar surface area (TPSA) is 55.6 Å². The van der Waals surface area contributed by atoms with Gasteiger partial charge in [-0.3, -0.25) is 4.79 Å². The number of nitrogens with two attached hydrogens (primary N) is 1. The molecule has 0 fully saturated rings. The molecule has 0 atom stereocenters. The second kappa shape index (κ2) is 8.32. The third-order valence-corrected chi connectivity index (χ3v) is 2.93. The number of para-hydroxylation sites is 1. The SMILES string of the molecule is C=CCN(CCOC)C(=O)CCc1ccccc1N. The lowest BCUT2D eigenvalue weighted by Gasteiger charge is -2.20. The first-order chi connectivity index (χ1) is 9.19. The predicted octanol–water partition coefficient (Wildman–Crippen LogP) is 1.86. The van der Waals surface area contributed by atoms with Gasteiger partial charge in [-0.05, 0) is 18.1 Å². The van der Waals surface area contributed by atoms with Crippen molar-refractivity contribution >= 4 is 11.6 Å². The minimum absolute atomic E-state index is 0.0974. The van der Waals surface area contributed by atoms with E-state index in [1.54, 1.807) is 18.1 Å². The van der Waals surface area contributed by atoms with Crippen LogP contribution in [0.1, 0.15) is 12.0 Å². The molecule has 0 aliphatic rings. The van der Waals surface area contributed by atoms with Gasteiger partial charge < -0.3 is 15.4 Å².